The summed E-state index contributed by atoms with van der Waals surface area (Å²) >= 11 is 0. The number of pyridine rings is 1. The minimum absolute atomic E-state index is 0.0966. The Labute approximate surface area is 158 Å². The molecule has 2 aromatic carbocycles. The fourth-order valence-corrected chi connectivity index (χ4v) is 2.88. The Morgan fingerprint density at radius 3 is 2.48 bits per heavy atom. The molecule has 5 heteroatoms. The first-order valence-electron chi connectivity index (χ1n) is 8.88. The van der Waals surface area contributed by atoms with Crippen LogP contribution in [0.2, 0.25) is 0 Å². The third-order valence-corrected chi connectivity index (χ3v) is 4.43. The monoisotopic (exact) mass is 356 g/mol. The molecule has 2 aromatic heterocycles. The number of nitrogens with zero attached hydrogens (tertiary/aromatic N) is 3. The summed E-state index contributed by atoms with van der Waals surface area (Å²) in [6.07, 6.45) is 1.75. The molecular formula is C22H20N4O. The third-order valence-electron chi connectivity index (χ3n) is 4.43. The van der Waals surface area contributed by atoms with E-state index in [0.717, 1.165) is 11.1 Å². The fourth-order valence-electron chi connectivity index (χ4n) is 2.88. The van der Waals surface area contributed by atoms with Gasteiger partial charge in [-0.15, -0.1) is 0 Å². The van der Waals surface area contributed by atoms with Crippen molar-refractivity contribution >= 4 is 5.82 Å². The highest BCUT2D eigenvalue weighted by molar-refractivity contribution is 5.70. The molecule has 4 aromatic rings. The van der Waals surface area contributed by atoms with Crippen molar-refractivity contribution in [1.82, 2.24) is 15.1 Å². The van der Waals surface area contributed by atoms with Gasteiger partial charge >= 0.3 is 0 Å². The molecule has 0 unspecified atom stereocenters. The van der Waals surface area contributed by atoms with Crippen LogP contribution in [0.25, 0.3) is 22.8 Å². The van der Waals surface area contributed by atoms with Gasteiger partial charge in [-0.05, 0) is 31.5 Å². The van der Waals surface area contributed by atoms with Crippen LogP contribution >= 0.6 is 0 Å². The number of benzene rings is 2. The van der Waals surface area contributed by atoms with Crippen molar-refractivity contribution in [3.8, 4) is 22.8 Å². The Kier molecular flexibility index (Phi) is 4.66. The second-order valence-electron chi connectivity index (χ2n) is 6.47. The molecule has 5 nitrogen and oxygen atoms in total. The van der Waals surface area contributed by atoms with E-state index in [1.54, 1.807) is 6.20 Å². The standard InChI is InChI=1S/C22H20N4O/c1-15-10-12-18(13-11-15)20-25-22(27-26-20)19-9-6-14-23-21(19)24-16(2)17-7-4-3-5-8-17/h3-14,16H,1-2H3,(H,23,24)/t16-/m0/s1. The number of rotatable bonds is 5. The van der Waals surface area contributed by atoms with Crippen molar-refractivity contribution in [2.75, 3.05) is 5.32 Å². The molecule has 134 valence electrons. The number of hydrogen-bond donors (Lipinski definition) is 1. The van der Waals surface area contributed by atoms with E-state index in [-0.39, 0.29) is 6.04 Å². The lowest BCUT2D eigenvalue weighted by molar-refractivity contribution is 0.432. The molecule has 4 rings (SSSR count). The summed E-state index contributed by atoms with van der Waals surface area (Å²) in [5.41, 5.74) is 4.08. The normalized spacial score (nSPS) is 11.9. The molecule has 0 fully saturated rings. The lowest BCUT2D eigenvalue weighted by atomic mass is 10.1. The first-order valence-corrected chi connectivity index (χ1v) is 8.88. The summed E-state index contributed by atoms with van der Waals surface area (Å²) in [6.45, 7) is 4.15. The average Bonchev–Trinajstić information content (AvgIpc) is 3.19. The van der Waals surface area contributed by atoms with Crippen molar-refractivity contribution in [3.05, 3.63) is 84.1 Å². The van der Waals surface area contributed by atoms with Gasteiger partial charge in [-0.3, -0.25) is 0 Å². The maximum absolute atomic E-state index is 5.52. The number of nitrogens with one attached hydrogen (secondary N) is 1. The highest BCUT2D eigenvalue weighted by Crippen LogP contribution is 2.29. The first-order chi connectivity index (χ1) is 13.2. The summed E-state index contributed by atoms with van der Waals surface area (Å²) in [5, 5.41) is 7.57. The Morgan fingerprint density at radius 2 is 1.70 bits per heavy atom. The molecule has 0 spiro atoms. The smallest absolute Gasteiger partial charge is 0.261 e. The van der Waals surface area contributed by atoms with E-state index >= 15 is 0 Å². The molecule has 0 aliphatic rings. The second-order valence-corrected chi connectivity index (χ2v) is 6.47. The molecular weight excluding hydrogens is 336 g/mol. The molecule has 0 amide bonds. The van der Waals surface area contributed by atoms with E-state index in [1.807, 2.05) is 61.5 Å². The number of aromatic nitrogens is 3. The molecule has 0 saturated heterocycles. The fraction of sp³-hybridized carbons (Fsp3) is 0.136. The van der Waals surface area contributed by atoms with Crippen LogP contribution in [0.5, 0.6) is 0 Å². The first kappa shape index (κ1) is 17.0. The molecule has 1 N–H and O–H groups in total. The van der Waals surface area contributed by atoms with Gasteiger partial charge in [0.2, 0.25) is 5.82 Å². The Hall–Kier alpha value is -3.47. The van der Waals surface area contributed by atoms with Gasteiger partial charge < -0.3 is 9.84 Å². The lowest BCUT2D eigenvalue weighted by Gasteiger charge is -2.16. The third kappa shape index (κ3) is 3.72. The van der Waals surface area contributed by atoms with Crippen LogP contribution in [-0.2, 0) is 0 Å². The molecule has 0 bridgehead atoms. The topological polar surface area (TPSA) is 63.8 Å². The highest BCUT2D eigenvalue weighted by atomic mass is 16.5. The van der Waals surface area contributed by atoms with E-state index in [0.29, 0.717) is 17.5 Å². The van der Waals surface area contributed by atoms with Gasteiger partial charge in [-0.1, -0.05) is 65.3 Å². The lowest BCUT2D eigenvalue weighted by Crippen LogP contribution is -2.08. The van der Waals surface area contributed by atoms with Gasteiger partial charge in [-0.2, -0.15) is 4.98 Å². The van der Waals surface area contributed by atoms with Crippen LogP contribution in [0.15, 0.2) is 77.4 Å². The van der Waals surface area contributed by atoms with Crippen LogP contribution in [0.3, 0.4) is 0 Å². The molecule has 27 heavy (non-hydrogen) atoms. The minimum Gasteiger partial charge on any atom is -0.363 e. The van der Waals surface area contributed by atoms with Crippen LogP contribution in [0.4, 0.5) is 5.82 Å². The van der Waals surface area contributed by atoms with Crippen molar-refractivity contribution in [2.24, 2.45) is 0 Å². The number of anilines is 1. The zero-order valence-electron chi connectivity index (χ0n) is 15.3. The van der Waals surface area contributed by atoms with E-state index in [1.165, 1.54) is 11.1 Å². The van der Waals surface area contributed by atoms with E-state index in [2.05, 4.69) is 39.5 Å². The van der Waals surface area contributed by atoms with Crippen LogP contribution in [0, 0.1) is 6.92 Å². The summed E-state index contributed by atoms with van der Waals surface area (Å²) in [7, 11) is 0. The molecule has 1 atom stereocenters. The number of aryl methyl sites for hydroxylation is 1. The van der Waals surface area contributed by atoms with Gasteiger partial charge in [0.1, 0.15) is 5.82 Å². The quantitative estimate of drug-likeness (QED) is 0.527. The average molecular weight is 356 g/mol. The van der Waals surface area contributed by atoms with Crippen molar-refractivity contribution in [2.45, 2.75) is 19.9 Å². The van der Waals surface area contributed by atoms with E-state index < -0.39 is 0 Å². The van der Waals surface area contributed by atoms with Crippen molar-refractivity contribution in [1.29, 1.82) is 0 Å². The molecule has 0 aliphatic carbocycles. The molecule has 0 saturated carbocycles. The molecule has 0 aliphatic heterocycles. The Morgan fingerprint density at radius 1 is 0.926 bits per heavy atom. The highest BCUT2D eigenvalue weighted by Gasteiger charge is 2.16. The maximum atomic E-state index is 5.52. The zero-order valence-corrected chi connectivity index (χ0v) is 15.3. The Bertz CT molecular complexity index is 1030. The Balaban J connectivity index is 1.62. The van der Waals surface area contributed by atoms with Gasteiger partial charge in [-0.25, -0.2) is 4.98 Å². The van der Waals surface area contributed by atoms with Gasteiger partial charge in [0, 0.05) is 17.8 Å². The van der Waals surface area contributed by atoms with E-state index in [4.69, 9.17) is 4.52 Å². The van der Waals surface area contributed by atoms with E-state index in [9.17, 15) is 0 Å². The minimum atomic E-state index is 0.0966. The van der Waals surface area contributed by atoms with Crippen LogP contribution in [0.1, 0.15) is 24.1 Å². The predicted molar refractivity (Wildman–Crippen MR) is 106 cm³/mol. The van der Waals surface area contributed by atoms with Crippen LogP contribution in [-0.4, -0.2) is 15.1 Å². The summed E-state index contributed by atoms with van der Waals surface area (Å²) in [4.78, 5) is 9.04. The van der Waals surface area contributed by atoms with Gasteiger partial charge in [0.15, 0.2) is 0 Å². The maximum Gasteiger partial charge on any atom is 0.261 e. The van der Waals surface area contributed by atoms with Gasteiger partial charge in [0.05, 0.1) is 5.56 Å². The van der Waals surface area contributed by atoms with Crippen molar-refractivity contribution < 1.29 is 4.52 Å². The number of hydrogen-bond acceptors (Lipinski definition) is 5. The molecule has 0 radical (unpaired) electrons. The van der Waals surface area contributed by atoms with Gasteiger partial charge in [0.25, 0.3) is 5.89 Å². The zero-order chi connectivity index (χ0) is 18.6. The summed E-state index contributed by atoms with van der Waals surface area (Å²) in [6, 6.07) is 22.2. The summed E-state index contributed by atoms with van der Waals surface area (Å²) in [5.74, 6) is 1.73. The summed E-state index contributed by atoms with van der Waals surface area (Å²) < 4.78 is 5.52. The SMILES string of the molecule is Cc1ccc(-c2noc(-c3cccnc3N[C@@H](C)c3ccccc3)n2)cc1. The van der Waals surface area contributed by atoms with Crippen LogP contribution < -0.4 is 5.32 Å². The molecule has 2 heterocycles. The second kappa shape index (κ2) is 7.41. The van der Waals surface area contributed by atoms with Crippen molar-refractivity contribution in [3.63, 3.8) is 0 Å². The predicted octanol–water partition coefficient (Wildman–Crippen LogP) is 5.28. The largest absolute Gasteiger partial charge is 0.363 e.